The summed E-state index contributed by atoms with van der Waals surface area (Å²) in [7, 11) is -3.72. The molecule has 0 aliphatic rings. The van der Waals surface area contributed by atoms with E-state index < -0.39 is 27.7 Å². The van der Waals surface area contributed by atoms with Crippen LogP contribution in [0.3, 0.4) is 0 Å². The van der Waals surface area contributed by atoms with E-state index in [0.29, 0.717) is 0 Å². The summed E-state index contributed by atoms with van der Waals surface area (Å²) in [5, 5.41) is 2.52. The molecule has 0 aliphatic heterocycles. The Morgan fingerprint density at radius 2 is 1.77 bits per heavy atom. The molecule has 6 nitrogen and oxygen atoms in total. The van der Waals surface area contributed by atoms with Crippen molar-refractivity contribution in [1.29, 1.82) is 0 Å². The van der Waals surface area contributed by atoms with Crippen LogP contribution in [0.4, 0.5) is 13.2 Å². The van der Waals surface area contributed by atoms with E-state index in [1.54, 1.807) is 12.1 Å². The Balaban J connectivity index is 1.72. The smallest absolute Gasteiger partial charge is 0.416 e. The van der Waals surface area contributed by atoms with Crippen LogP contribution in [0.1, 0.15) is 23.1 Å². The van der Waals surface area contributed by atoms with E-state index in [1.807, 2.05) is 13.8 Å². The second kappa shape index (κ2) is 9.94. The van der Waals surface area contributed by atoms with Crippen molar-refractivity contribution in [3.63, 3.8) is 0 Å². The minimum atomic E-state index is -4.46. The quantitative estimate of drug-likeness (QED) is 0.582. The lowest BCUT2D eigenvalue weighted by molar-refractivity contribution is -0.137. The molecule has 0 fully saturated rings. The third-order valence-corrected chi connectivity index (χ3v) is 5.75. The molecule has 10 heteroatoms. The number of benzene rings is 2. The summed E-state index contributed by atoms with van der Waals surface area (Å²) in [6, 6.07) is 9.20. The van der Waals surface area contributed by atoms with Gasteiger partial charge in [-0.05, 0) is 55.3 Å². The molecule has 0 saturated carbocycles. The summed E-state index contributed by atoms with van der Waals surface area (Å²) in [5.74, 6) is -0.370. The molecule has 2 N–H and O–H groups in total. The van der Waals surface area contributed by atoms with Gasteiger partial charge < -0.3 is 10.1 Å². The van der Waals surface area contributed by atoms with Gasteiger partial charge in [-0.15, -0.1) is 0 Å². The van der Waals surface area contributed by atoms with Crippen LogP contribution in [0, 0.1) is 13.8 Å². The first-order chi connectivity index (χ1) is 14.0. The molecule has 0 heterocycles. The van der Waals surface area contributed by atoms with Crippen molar-refractivity contribution in [2.24, 2.45) is 0 Å². The van der Waals surface area contributed by atoms with E-state index in [4.69, 9.17) is 4.74 Å². The molecule has 0 aliphatic carbocycles. The van der Waals surface area contributed by atoms with Gasteiger partial charge in [0, 0.05) is 13.0 Å². The fourth-order valence-corrected chi connectivity index (χ4v) is 3.59. The summed E-state index contributed by atoms with van der Waals surface area (Å²) in [6.45, 7) is 3.64. The number of sulfonamides is 1. The average Bonchev–Trinajstić information content (AvgIpc) is 2.67. The van der Waals surface area contributed by atoms with Crippen molar-refractivity contribution in [1.82, 2.24) is 10.0 Å². The molecule has 0 saturated heterocycles. The van der Waals surface area contributed by atoms with Crippen molar-refractivity contribution in [2.45, 2.75) is 31.3 Å². The molecule has 0 spiro atoms. The standard InChI is InChI=1S/C20H23F3N2O4S/c1-14-6-7-18(12-15(14)2)30(27,28)25-9-8-19(26)24-10-11-29-17-5-3-4-16(13-17)20(21,22)23/h3-7,12-13,25H,8-11H2,1-2H3,(H,24,26). The third-order valence-electron chi connectivity index (χ3n) is 4.29. The molecule has 2 aromatic rings. The summed E-state index contributed by atoms with van der Waals surface area (Å²) in [4.78, 5) is 11.9. The van der Waals surface area contributed by atoms with Gasteiger partial charge >= 0.3 is 6.18 Å². The number of hydrogen-bond donors (Lipinski definition) is 2. The average molecular weight is 444 g/mol. The second-order valence-corrected chi connectivity index (χ2v) is 8.38. The van der Waals surface area contributed by atoms with Crippen LogP contribution >= 0.6 is 0 Å². The lowest BCUT2D eigenvalue weighted by Gasteiger charge is -2.11. The van der Waals surface area contributed by atoms with Gasteiger partial charge in [0.05, 0.1) is 17.0 Å². The van der Waals surface area contributed by atoms with Crippen LogP contribution in [0.25, 0.3) is 0 Å². The second-order valence-electron chi connectivity index (χ2n) is 6.62. The Morgan fingerprint density at radius 1 is 1.03 bits per heavy atom. The molecule has 2 aromatic carbocycles. The van der Waals surface area contributed by atoms with Crippen molar-refractivity contribution in [2.75, 3.05) is 19.7 Å². The highest BCUT2D eigenvalue weighted by Gasteiger charge is 2.30. The summed E-state index contributed by atoms with van der Waals surface area (Å²) in [6.07, 6.45) is -4.55. The summed E-state index contributed by atoms with van der Waals surface area (Å²) in [5.41, 5.74) is 0.997. The Labute approximate surface area is 173 Å². The zero-order chi connectivity index (χ0) is 22.4. The molecular weight excluding hydrogens is 421 g/mol. The molecule has 0 bridgehead atoms. The third kappa shape index (κ3) is 7.03. The molecule has 2 rings (SSSR count). The number of alkyl halides is 3. The number of amides is 1. The first-order valence-electron chi connectivity index (χ1n) is 9.13. The van der Waals surface area contributed by atoms with Gasteiger partial charge in [0.15, 0.2) is 0 Å². The number of nitrogens with one attached hydrogen (secondary N) is 2. The first kappa shape index (κ1) is 23.7. The molecule has 1 amide bonds. The highest BCUT2D eigenvalue weighted by molar-refractivity contribution is 7.89. The summed E-state index contributed by atoms with van der Waals surface area (Å²) < 4.78 is 70.0. The molecule has 30 heavy (non-hydrogen) atoms. The van der Waals surface area contributed by atoms with Crippen LogP contribution < -0.4 is 14.8 Å². The highest BCUT2D eigenvalue weighted by atomic mass is 32.2. The van der Waals surface area contributed by atoms with Gasteiger partial charge in [0.1, 0.15) is 12.4 Å². The van der Waals surface area contributed by atoms with Crippen molar-refractivity contribution in [3.05, 3.63) is 59.2 Å². The van der Waals surface area contributed by atoms with Crippen molar-refractivity contribution >= 4 is 15.9 Å². The SMILES string of the molecule is Cc1ccc(S(=O)(=O)NCCC(=O)NCCOc2cccc(C(F)(F)F)c2)cc1C. The predicted molar refractivity (Wildman–Crippen MR) is 106 cm³/mol. The molecule has 164 valence electrons. The topological polar surface area (TPSA) is 84.5 Å². The number of carbonyl (C=O) groups excluding carboxylic acids is 1. The number of ether oxygens (including phenoxy) is 1. The van der Waals surface area contributed by atoms with Crippen LogP contribution in [0.5, 0.6) is 5.75 Å². The van der Waals surface area contributed by atoms with E-state index in [2.05, 4.69) is 10.0 Å². The Hall–Kier alpha value is -2.59. The number of hydrogen-bond acceptors (Lipinski definition) is 4. The van der Waals surface area contributed by atoms with Gasteiger partial charge in [0.25, 0.3) is 0 Å². The van der Waals surface area contributed by atoms with Gasteiger partial charge in [0.2, 0.25) is 15.9 Å². The molecular formula is C20H23F3N2O4S. The van der Waals surface area contributed by atoms with E-state index in [-0.39, 0.29) is 36.8 Å². The van der Waals surface area contributed by atoms with E-state index >= 15 is 0 Å². The lowest BCUT2D eigenvalue weighted by Crippen LogP contribution is -2.32. The zero-order valence-electron chi connectivity index (χ0n) is 16.5. The lowest BCUT2D eigenvalue weighted by atomic mass is 10.1. The van der Waals surface area contributed by atoms with Crippen LogP contribution in [0.2, 0.25) is 0 Å². The Bertz CT molecular complexity index is 992. The van der Waals surface area contributed by atoms with Gasteiger partial charge in [-0.25, -0.2) is 13.1 Å². The molecule has 0 unspecified atom stereocenters. The molecule has 0 aromatic heterocycles. The van der Waals surface area contributed by atoms with Gasteiger partial charge in [-0.3, -0.25) is 4.79 Å². The fraction of sp³-hybridized carbons (Fsp3) is 0.350. The number of carbonyl (C=O) groups is 1. The maximum atomic E-state index is 12.6. The normalized spacial score (nSPS) is 11.9. The number of halogens is 3. The van der Waals surface area contributed by atoms with Crippen LogP contribution in [-0.2, 0) is 21.0 Å². The van der Waals surface area contributed by atoms with Crippen molar-refractivity contribution < 1.29 is 31.1 Å². The maximum absolute atomic E-state index is 12.6. The molecule has 0 atom stereocenters. The monoisotopic (exact) mass is 444 g/mol. The van der Waals surface area contributed by atoms with Crippen LogP contribution in [-0.4, -0.2) is 34.0 Å². The van der Waals surface area contributed by atoms with Gasteiger partial charge in [-0.1, -0.05) is 12.1 Å². The largest absolute Gasteiger partial charge is 0.492 e. The zero-order valence-corrected chi connectivity index (χ0v) is 17.4. The summed E-state index contributed by atoms with van der Waals surface area (Å²) >= 11 is 0. The molecule has 0 radical (unpaired) electrons. The Morgan fingerprint density at radius 3 is 2.43 bits per heavy atom. The van der Waals surface area contributed by atoms with Crippen molar-refractivity contribution in [3.8, 4) is 5.75 Å². The maximum Gasteiger partial charge on any atom is 0.416 e. The first-order valence-corrected chi connectivity index (χ1v) is 10.6. The van der Waals surface area contributed by atoms with E-state index in [1.165, 1.54) is 18.2 Å². The number of rotatable bonds is 9. The minimum absolute atomic E-state index is 0.0264. The predicted octanol–water partition coefficient (Wildman–Crippen LogP) is 3.19. The Kier molecular flexibility index (Phi) is 7.85. The van der Waals surface area contributed by atoms with E-state index in [0.717, 1.165) is 23.3 Å². The van der Waals surface area contributed by atoms with Gasteiger partial charge in [-0.2, -0.15) is 13.2 Å². The highest BCUT2D eigenvalue weighted by Crippen LogP contribution is 2.31. The fourth-order valence-electron chi connectivity index (χ4n) is 2.47. The minimum Gasteiger partial charge on any atom is -0.492 e. The van der Waals surface area contributed by atoms with E-state index in [9.17, 15) is 26.4 Å². The van der Waals surface area contributed by atoms with Crippen LogP contribution in [0.15, 0.2) is 47.4 Å². The number of aryl methyl sites for hydroxylation is 2.